The normalized spacial score (nSPS) is 19.3. The second kappa shape index (κ2) is 6.02. The van der Waals surface area contributed by atoms with E-state index >= 15 is 0 Å². The molecule has 1 amide bonds. The maximum atomic E-state index is 12.1. The van der Waals surface area contributed by atoms with Gasteiger partial charge >= 0.3 is 0 Å². The smallest absolute Gasteiger partial charge is 0.246 e. The number of aryl methyl sites for hydroxylation is 2. The molecule has 1 aliphatic rings. The van der Waals surface area contributed by atoms with Gasteiger partial charge in [-0.15, -0.1) is 0 Å². The highest BCUT2D eigenvalue weighted by Gasteiger charge is 2.26. The van der Waals surface area contributed by atoms with E-state index in [9.17, 15) is 9.90 Å². The molecule has 0 saturated carbocycles. The molecule has 1 unspecified atom stereocenters. The molecule has 1 fully saturated rings. The van der Waals surface area contributed by atoms with Crippen LogP contribution in [0.4, 0.5) is 0 Å². The molecule has 1 atom stereocenters. The topological polar surface area (TPSA) is 40.5 Å². The van der Waals surface area contributed by atoms with Crippen LogP contribution < -0.4 is 0 Å². The van der Waals surface area contributed by atoms with E-state index in [0.29, 0.717) is 0 Å². The van der Waals surface area contributed by atoms with E-state index in [1.807, 2.05) is 6.08 Å². The zero-order chi connectivity index (χ0) is 13.8. The number of hydrogen-bond donors (Lipinski definition) is 1. The summed E-state index contributed by atoms with van der Waals surface area (Å²) < 4.78 is 0. The van der Waals surface area contributed by atoms with Gasteiger partial charge in [0.25, 0.3) is 0 Å². The minimum Gasteiger partial charge on any atom is -0.394 e. The third-order valence-electron chi connectivity index (χ3n) is 3.53. The average Bonchev–Trinajstić information content (AvgIpc) is 2.83. The fourth-order valence-corrected chi connectivity index (χ4v) is 2.69. The predicted molar refractivity (Wildman–Crippen MR) is 76.8 cm³/mol. The van der Waals surface area contributed by atoms with Crippen molar-refractivity contribution in [2.24, 2.45) is 0 Å². The van der Waals surface area contributed by atoms with Gasteiger partial charge in [-0.3, -0.25) is 4.79 Å². The second-order valence-electron chi connectivity index (χ2n) is 5.26. The molecule has 1 N–H and O–H groups in total. The molecule has 1 saturated heterocycles. The fraction of sp³-hybridized carbons (Fsp3) is 0.438. The fourth-order valence-electron chi connectivity index (χ4n) is 2.69. The monoisotopic (exact) mass is 259 g/mol. The van der Waals surface area contributed by atoms with Crippen molar-refractivity contribution in [1.29, 1.82) is 0 Å². The van der Waals surface area contributed by atoms with Crippen LogP contribution >= 0.6 is 0 Å². The molecule has 1 aromatic carbocycles. The summed E-state index contributed by atoms with van der Waals surface area (Å²) in [6, 6.07) is 6.23. The average molecular weight is 259 g/mol. The number of benzene rings is 1. The Balaban J connectivity index is 2.07. The lowest BCUT2D eigenvalue weighted by atomic mass is 10.1. The van der Waals surface area contributed by atoms with E-state index in [1.165, 1.54) is 11.1 Å². The van der Waals surface area contributed by atoms with Crippen LogP contribution in [0.1, 0.15) is 29.5 Å². The molecule has 0 aliphatic carbocycles. The Kier molecular flexibility index (Phi) is 4.38. The first-order valence-corrected chi connectivity index (χ1v) is 6.78. The highest BCUT2D eigenvalue weighted by atomic mass is 16.3. The molecule has 1 aliphatic heterocycles. The molecule has 1 heterocycles. The van der Waals surface area contributed by atoms with Crippen molar-refractivity contribution in [1.82, 2.24) is 4.90 Å². The number of rotatable bonds is 3. The van der Waals surface area contributed by atoms with Crippen molar-refractivity contribution in [3.05, 3.63) is 41.0 Å². The molecule has 3 nitrogen and oxygen atoms in total. The maximum Gasteiger partial charge on any atom is 0.246 e. The molecule has 1 aromatic rings. The number of likely N-dealkylation sites (tertiary alicyclic amines) is 1. The second-order valence-corrected chi connectivity index (χ2v) is 5.26. The molecular formula is C16H21NO2. The highest BCUT2D eigenvalue weighted by molar-refractivity contribution is 5.92. The van der Waals surface area contributed by atoms with Crippen molar-refractivity contribution in [2.75, 3.05) is 13.2 Å². The number of aliphatic hydroxyl groups is 1. The van der Waals surface area contributed by atoms with Gasteiger partial charge in [0.2, 0.25) is 5.91 Å². The van der Waals surface area contributed by atoms with Crippen molar-refractivity contribution in [3.63, 3.8) is 0 Å². The van der Waals surface area contributed by atoms with Crippen LogP contribution in [0.15, 0.2) is 24.3 Å². The van der Waals surface area contributed by atoms with E-state index in [2.05, 4.69) is 32.0 Å². The summed E-state index contributed by atoms with van der Waals surface area (Å²) in [4.78, 5) is 13.8. The molecule has 3 heteroatoms. The third-order valence-corrected chi connectivity index (χ3v) is 3.53. The highest BCUT2D eigenvalue weighted by Crippen LogP contribution is 2.17. The molecule has 19 heavy (non-hydrogen) atoms. The van der Waals surface area contributed by atoms with E-state index in [-0.39, 0.29) is 18.6 Å². The van der Waals surface area contributed by atoms with E-state index in [0.717, 1.165) is 24.9 Å². The molecule has 0 aromatic heterocycles. The number of carbonyl (C=O) groups excluding carboxylic acids is 1. The summed E-state index contributed by atoms with van der Waals surface area (Å²) >= 11 is 0. The summed E-state index contributed by atoms with van der Waals surface area (Å²) in [7, 11) is 0. The van der Waals surface area contributed by atoms with Crippen LogP contribution in [0, 0.1) is 13.8 Å². The van der Waals surface area contributed by atoms with Crippen LogP contribution in [0.25, 0.3) is 6.08 Å². The number of carbonyl (C=O) groups is 1. The van der Waals surface area contributed by atoms with Gasteiger partial charge in [-0.25, -0.2) is 0 Å². The molecule has 2 rings (SSSR count). The van der Waals surface area contributed by atoms with Gasteiger partial charge in [0, 0.05) is 12.6 Å². The van der Waals surface area contributed by atoms with Gasteiger partial charge in [-0.05, 0) is 38.3 Å². The van der Waals surface area contributed by atoms with Crippen molar-refractivity contribution in [3.8, 4) is 0 Å². The van der Waals surface area contributed by atoms with Gasteiger partial charge in [0.05, 0.1) is 12.6 Å². The van der Waals surface area contributed by atoms with Gasteiger partial charge in [-0.2, -0.15) is 0 Å². The van der Waals surface area contributed by atoms with Crippen LogP contribution in [-0.2, 0) is 4.79 Å². The predicted octanol–water partition coefficient (Wildman–Crippen LogP) is 2.30. The molecule has 102 valence electrons. The Labute approximate surface area is 114 Å². The van der Waals surface area contributed by atoms with E-state index in [1.54, 1.807) is 11.0 Å². The summed E-state index contributed by atoms with van der Waals surface area (Å²) in [6.45, 7) is 4.91. The Hall–Kier alpha value is -1.61. The van der Waals surface area contributed by atoms with Crippen molar-refractivity contribution >= 4 is 12.0 Å². The molecule has 0 radical (unpaired) electrons. The minimum absolute atomic E-state index is 0.00334. The lowest BCUT2D eigenvalue weighted by Gasteiger charge is -2.21. The lowest BCUT2D eigenvalue weighted by molar-refractivity contribution is -0.127. The van der Waals surface area contributed by atoms with Crippen LogP contribution in [-0.4, -0.2) is 35.1 Å². The maximum absolute atomic E-state index is 12.1. The third kappa shape index (κ3) is 3.44. The van der Waals surface area contributed by atoms with E-state index < -0.39 is 0 Å². The zero-order valence-corrected chi connectivity index (χ0v) is 11.6. The standard InChI is InChI=1S/C16H21NO2/c1-12-8-13(2)10-14(9-12)5-6-16(19)17-7-3-4-15(17)11-18/h5-6,8-10,15,18H,3-4,7,11H2,1-2H3/b6-5+. The first kappa shape index (κ1) is 13.8. The summed E-state index contributed by atoms with van der Waals surface area (Å²) in [6.07, 6.45) is 5.35. The first-order valence-electron chi connectivity index (χ1n) is 6.78. The molecule has 0 bridgehead atoms. The van der Waals surface area contributed by atoms with Crippen LogP contribution in [0.3, 0.4) is 0 Å². The van der Waals surface area contributed by atoms with Gasteiger partial charge < -0.3 is 10.0 Å². The quantitative estimate of drug-likeness (QED) is 0.846. The number of nitrogens with zero attached hydrogens (tertiary/aromatic N) is 1. The first-order chi connectivity index (χ1) is 9.10. The molecular weight excluding hydrogens is 238 g/mol. The Morgan fingerprint density at radius 3 is 2.68 bits per heavy atom. The minimum atomic E-state index is -0.00397. The van der Waals surface area contributed by atoms with Gasteiger partial charge in [-0.1, -0.05) is 29.3 Å². The lowest BCUT2D eigenvalue weighted by Crippen LogP contribution is -2.36. The van der Waals surface area contributed by atoms with E-state index in [4.69, 9.17) is 0 Å². The largest absolute Gasteiger partial charge is 0.394 e. The Bertz CT molecular complexity index is 473. The number of hydrogen-bond acceptors (Lipinski definition) is 2. The van der Waals surface area contributed by atoms with Crippen LogP contribution in [0.5, 0.6) is 0 Å². The zero-order valence-electron chi connectivity index (χ0n) is 11.6. The van der Waals surface area contributed by atoms with Crippen molar-refractivity contribution in [2.45, 2.75) is 32.7 Å². The Morgan fingerprint density at radius 1 is 1.37 bits per heavy atom. The van der Waals surface area contributed by atoms with Crippen molar-refractivity contribution < 1.29 is 9.90 Å². The number of aliphatic hydroxyl groups excluding tert-OH is 1. The van der Waals surface area contributed by atoms with Crippen LogP contribution in [0.2, 0.25) is 0 Å². The van der Waals surface area contributed by atoms with Gasteiger partial charge in [0.15, 0.2) is 0 Å². The molecule has 0 spiro atoms. The summed E-state index contributed by atoms with van der Waals surface area (Å²) in [5.41, 5.74) is 3.44. The Morgan fingerprint density at radius 2 is 2.05 bits per heavy atom. The summed E-state index contributed by atoms with van der Waals surface area (Å²) in [5.74, 6) is -0.00397. The van der Waals surface area contributed by atoms with Gasteiger partial charge in [0.1, 0.15) is 0 Å². The number of amides is 1. The summed E-state index contributed by atoms with van der Waals surface area (Å²) in [5, 5.41) is 9.23. The SMILES string of the molecule is Cc1cc(C)cc(/C=C/C(=O)N2CCCC2CO)c1.